The van der Waals surface area contributed by atoms with E-state index in [0.29, 0.717) is 12.2 Å². The quantitative estimate of drug-likeness (QED) is 0.727. The number of nitrogens with one attached hydrogen (secondary N) is 1. The fraction of sp³-hybridized carbons (Fsp3) is 0.333. The van der Waals surface area contributed by atoms with Crippen molar-refractivity contribution in [2.45, 2.75) is 18.8 Å². The van der Waals surface area contributed by atoms with Gasteiger partial charge in [-0.1, -0.05) is 18.2 Å². The summed E-state index contributed by atoms with van der Waals surface area (Å²) >= 11 is 0. The molecule has 1 aliphatic carbocycles. The molecule has 28 heavy (non-hydrogen) atoms. The van der Waals surface area contributed by atoms with Crippen molar-refractivity contribution in [1.29, 1.82) is 0 Å². The number of halogens is 2. The van der Waals surface area contributed by atoms with Crippen LogP contribution in [-0.2, 0) is 16.0 Å². The summed E-state index contributed by atoms with van der Waals surface area (Å²) in [6.07, 6.45) is 0.614. The Kier molecular flexibility index (Phi) is 5.92. The van der Waals surface area contributed by atoms with Crippen LogP contribution < -0.4 is 10.1 Å². The lowest BCUT2D eigenvalue weighted by Crippen LogP contribution is -2.35. The van der Waals surface area contributed by atoms with Crippen molar-refractivity contribution in [3.8, 4) is 5.75 Å². The standard InChI is InChI=1S/C21H21F2NO4/c1-28-19-5-3-2-4-12(19)8-13(21(26)27)11-24-20(25)17-10-15(17)16-9-14(22)6-7-18(16)23/h2-7,9,13,15,17H,8,10-11H2,1H3,(H,24,25)(H,26,27). The van der Waals surface area contributed by atoms with Crippen molar-refractivity contribution in [2.75, 3.05) is 13.7 Å². The maximum atomic E-state index is 13.8. The topological polar surface area (TPSA) is 75.6 Å². The third kappa shape index (κ3) is 4.47. The van der Waals surface area contributed by atoms with Crippen molar-refractivity contribution in [3.05, 3.63) is 65.2 Å². The van der Waals surface area contributed by atoms with E-state index in [1.165, 1.54) is 7.11 Å². The minimum Gasteiger partial charge on any atom is -0.496 e. The second-order valence-corrected chi connectivity index (χ2v) is 6.91. The van der Waals surface area contributed by atoms with E-state index in [2.05, 4.69) is 5.32 Å². The van der Waals surface area contributed by atoms with E-state index in [-0.39, 0.29) is 30.4 Å². The van der Waals surface area contributed by atoms with E-state index in [0.717, 1.165) is 23.8 Å². The Labute approximate surface area is 161 Å². The second-order valence-electron chi connectivity index (χ2n) is 6.91. The van der Waals surface area contributed by atoms with Crippen molar-refractivity contribution in [3.63, 3.8) is 0 Å². The first-order valence-corrected chi connectivity index (χ1v) is 8.98. The molecule has 7 heteroatoms. The summed E-state index contributed by atoms with van der Waals surface area (Å²) in [5.74, 6) is -3.57. The van der Waals surface area contributed by atoms with Crippen LogP contribution in [0.4, 0.5) is 8.78 Å². The normalized spacial score (nSPS) is 19.0. The first-order chi connectivity index (χ1) is 13.4. The number of aliphatic carboxylic acids is 1. The molecule has 2 aromatic rings. The lowest BCUT2D eigenvalue weighted by molar-refractivity contribution is -0.141. The number of amides is 1. The average Bonchev–Trinajstić information content (AvgIpc) is 3.47. The fourth-order valence-electron chi connectivity index (χ4n) is 3.37. The largest absolute Gasteiger partial charge is 0.496 e. The molecule has 0 saturated heterocycles. The van der Waals surface area contributed by atoms with E-state index >= 15 is 0 Å². The van der Waals surface area contributed by atoms with Gasteiger partial charge in [0.15, 0.2) is 0 Å². The second kappa shape index (κ2) is 8.37. The molecule has 5 nitrogen and oxygen atoms in total. The lowest BCUT2D eigenvalue weighted by Gasteiger charge is -2.15. The van der Waals surface area contributed by atoms with Crippen molar-refractivity contribution in [1.82, 2.24) is 5.32 Å². The molecular weight excluding hydrogens is 368 g/mol. The lowest BCUT2D eigenvalue weighted by atomic mass is 9.98. The predicted molar refractivity (Wildman–Crippen MR) is 98.0 cm³/mol. The average molecular weight is 389 g/mol. The van der Waals surface area contributed by atoms with Gasteiger partial charge in [-0.05, 0) is 54.2 Å². The summed E-state index contributed by atoms with van der Waals surface area (Å²) < 4.78 is 32.4. The zero-order chi connectivity index (χ0) is 20.3. The van der Waals surface area contributed by atoms with E-state index in [1.54, 1.807) is 24.3 Å². The third-order valence-electron chi connectivity index (χ3n) is 5.02. The first kappa shape index (κ1) is 19.8. The molecule has 1 amide bonds. The van der Waals surface area contributed by atoms with Crippen LogP contribution in [0, 0.1) is 23.5 Å². The molecule has 3 atom stereocenters. The number of benzene rings is 2. The Balaban J connectivity index is 1.59. The Bertz CT molecular complexity index is 886. The van der Waals surface area contributed by atoms with E-state index < -0.39 is 29.4 Å². The van der Waals surface area contributed by atoms with Gasteiger partial charge in [-0.15, -0.1) is 0 Å². The van der Waals surface area contributed by atoms with E-state index in [4.69, 9.17) is 4.74 Å². The number of methoxy groups -OCH3 is 1. The molecular formula is C21H21F2NO4. The molecule has 2 N–H and O–H groups in total. The zero-order valence-corrected chi connectivity index (χ0v) is 15.3. The van der Waals surface area contributed by atoms with Crippen LogP contribution in [0.25, 0.3) is 0 Å². The maximum Gasteiger partial charge on any atom is 0.308 e. The van der Waals surface area contributed by atoms with Crippen LogP contribution >= 0.6 is 0 Å². The number of carboxylic acids is 1. The van der Waals surface area contributed by atoms with Gasteiger partial charge in [0.1, 0.15) is 17.4 Å². The molecule has 2 aromatic carbocycles. The number of carboxylic acid groups (broad SMARTS) is 1. The van der Waals surface area contributed by atoms with Crippen LogP contribution in [0.5, 0.6) is 5.75 Å². The molecule has 0 bridgehead atoms. The molecule has 3 rings (SSSR count). The Hall–Kier alpha value is -2.96. The van der Waals surface area contributed by atoms with Gasteiger partial charge in [0.05, 0.1) is 13.0 Å². The van der Waals surface area contributed by atoms with Gasteiger partial charge < -0.3 is 15.2 Å². The fourth-order valence-corrected chi connectivity index (χ4v) is 3.37. The molecule has 0 spiro atoms. The van der Waals surface area contributed by atoms with E-state index in [1.807, 2.05) is 0 Å². The van der Waals surface area contributed by atoms with E-state index in [9.17, 15) is 23.5 Å². The summed E-state index contributed by atoms with van der Waals surface area (Å²) in [6, 6.07) is 10.3. The summed E-state index contributed by atoms with van der Waals surface area (Å²) in [4.78, 5) is 23.9. The van der Waals surface area contributed by atoms with Crippen LogP contribution in [0.3, 0.4) is 0 Å². The predicted octanol–water partition coefficient (Wildman–Crippen LogP) is 3.14. The third-order valence-corrected chi connectivity index (χ3v) is 5.02. The number of para-hydroxylation sites is 1. The van der Waals surface area contributed by atoms with Crippen LogP contribution in [0.2, 0.25) is 0 Å². The van der Waals surface area contributed by atoms with Crippen LogP contribution in [0.1, 0.15) is 23.5 Å². The van der Waals surface area contributed by atoms with Crippen LogP contribution in [-0.4, -0.2) is 30.6 Å². The molecule has 0 aromatic heterocycles. The maximum absolute atomic E-state index is 13.8. The monoisotopic (exact) mass is 389 g/mol. The van der Waals surface area contributed by atoms with Gasteiger partial charge in [-0.3, -0.25) is 9.59 Å². The molecule has 3 unspecified atom stereocenters. The number of carbonyl (C=O) groups is 2. The highest BCUT2D eigenvalue weighted by atomic mass is 19.1. The Morgan fingerprint density at radius 2 is 2.00 bits per heavy atom. The highest BCUT2D eigenvalue weighted by Gasteiger charge is 2.45. The summed E-state index contributed by atoms with van der Waals surface area (Å²) in [5, 5.41) is 12.1. The summed E-state index contributed by atoms with van der Waals surface area (Å²) in [5.41, 5.74) is 0.918. The first-order valence-electron chi connectivity index (χ1n) is 8.98. The van der Waals surface area contributed by atoms with Gasteiger partial charge in [0.25, 0.3) is 0 Å². The molecule has 1 saturated carbocycles. The smallest absolute Gasteiger partial charge is 0.308 e. The Morgan fingerprint density at radius 3 is 2.71 bits per heavy atom. The molecule has 0 aliphatic heterocycles. The SMILES string of the molecule is COc1ccccc1CC(CNC(=O)C1CC1c1cc(F)ccc1F)C(=O)O. The van der Waals surface area contributed by atoms with Gasteiger partial charge in [0, 0.05) is 12.5 Å². The number of carbonyl (C=O) groups excluding carboxylic acids is 1. The molecule has 148 valence electrons. The molecule has 1 fully saturated rings. The van der Waals surface area contributed by atoms with Crippen molar-refractivity contribution in [2.24, 2.45) is 11.8 Å². The highest BCUT2D eigenvalue weighted by Crippen LogP contribution is 2.48. The van der Waals surface area contributed by atoms with Crippen molar-refractivity contribution >= 4 is 11.9 Å². The zero-order valence-electron chi connectivity index (χ0n) is 15.3. The molecule has 0 radical (unpaired) electrons. The Morgan fingerprint density at radius 1 is 1.25 bits per heavy atom. The van der Waals surface area contributed by atoms with Crippen LogP contribution in [0.15, 0.2) is 42.5 Å². The molecule has 1 aliphatic rings. The number of rotatable bonds is 8. The minimum absolute atomic E-state index is 0.0545. The number of hydrogen-bond donors (Lipinski definition) is 2. The summed E-state index contributed by atoms with van der Waals surface area (Å²) in [7, 11) is 1.51. The number of ether oxygens (including phenoxy) is 1. The minimum atomic E-state index is -1.03. The van der Waals surface area contributed by atoms with Crippen molar-refractivity contribution < 1.29 is 28.2 Å². The van der Waals surface area contributed by atoms with Gasteiger partial charge in [-0.2, -0.15) is 0 Å². The highest BCUT2D eigenvalue weighted by molar-refractivity contribution is 5.83. The summed E-state index contributed by atoms with van der Waals surface area (Å²) in [6.45, 7) is -0.0545. The van der Waals surface area contributed by atoms with Gasteiger partial charge in [-0.25, -0.2) is 8.78 Å². The van der Waals surface area contributed by atoms with Gasteiger partial charge >= 0.3 is 5.97 Å². The molecule has 0 heterocycles. The number of hydrogen-bond acceptors (Lipinski definition) is 3. The van der Waals surface area contributed by atoms with Gasteiger partial charge in [0.2, 0.25) is 5.91 Å².